The zero-order chi connectivity index (χ0) is 12.3. The predicted octanol–water partition coefficient (Wildman–Crippen LogP) is 3.26. The number of hydrogen-bond donors (Lipinski definition) is 1. The van der Waals surface area contributed by atoms with Crippen LogP contribution in [0.15, 0.2) is 18.2 Å². The lowest BCUT2D eigenvalue weighted by Crippen LogP contribution is -2.21. The van der Waals surface area contributed by atoms with E-state index in [1.807, 2.05) is 0 Å². The Labute approximate surface area is 104 Å². The Balaban J connectivity index is 1.93. The molecule has 0 radical (unpaired) electrons. The maximum absolute atomic E-state index is 6.22. The molecule has 0 aromatic heterocycles. The molecule has 1 fully saturated rings. The second-order valence-electron chi connectivity index (χ2n) is 5.21. The molecule has 0 bridgehead atoms. The maximum Gasteiger partial charge on any atom is 0.0663 e. The first-order valence-electron chi connectivity index (χ1n) is 6.61. The van der Waals surface area contributed by atoms with E-state index in [1.165, 1.54) is 42.4 Å². The molecule has 1 atom stereocenters. The van der Waals surface area contributed by atoms with E-state index in [2.05, 4.69) is 32.0 Å². The number of benzene rings is 1. The monoisotopic (exact) mass is 233 g/mol. The van der Waals surface area contributed by atoms with Crippen LogP contribution in [-0.4, -0.2) is 12.7 Å². The summed E-state index contributed by atoms with van der Waals surface area (Å²) in [6.07, 6.45) is 5.48. The van der Waals surface area contributed by atoms with Crippen molar-refractivity contribution in [3.05, 3.63) is 34.9 Å². The van der Waals surface area contributed by atoms with Crippen LogP contribution in [0.1, 0.15) is 48.4 Å². The lowest BCUT2D eigenvalue weighted by Gasteiger charge is -2.18. The molecule has 0 amide bonds. The average Bonchev–Trinajstić information content (AvgIpc) is 2.82. The van der Waals surface area contributed by atoms with Gasteiger partial charge in [0.2, 0.25) is 0 Å². The summed E-state index contributed by atoms with van der Waals surface area (Å²) in [5.41, 5.74) is 9.97. The van der Waals surface area contributed by atoms with Gasteiger partial charge in [0, 0.05) is 0 Å². The van der Waals surface area contributed by atoms with Crippen molar-refractivity contribution in [3.63, 3.8) is 0 Å². The second kappa shape index (κ2) is 5.65. The normalized spacial score (nSPS) is 18.5. The van der Waals surface area contributed by atoms with Crippen LogP contribution in [-0.2, 0) is 4.74 Å². The van der Waals surface area contributed by atoms with Crippen molar-refractivity contribution in [2.75, 3.05) is 6.61 Å². The third-order valence-electron chi connectivity index (χ3n) is 3.65. The third-order valence-corrected chi connectivity index (χ3v) is 3.65. The fourth-order valence-electron chi connectivity index (χ4n) is 2.54. The lowest BCUT2D eigenvalue weighted by molar-refractivity contribution is 0.0488. The van der Waals surface area contributed by atoms with Crippen molar-refractivity contribution >= 4 is 0 Å². The first kappa shape index (κ1) is 12.6. The van der Waals surface area contributed by atoms with Crippen molar-refractivity contribution in [2.24, 2.45) is 5.73 Å². The molecule has 1 aliphatic rings. The number of hydrogen-bond acceptors (Lipinski definition) is 2. The van der Waals surface area contributed by atoms with Gasteiger partial charge in [-0.1, -0.05) is 36.6 Å². The SMILES string of the molecule is Cc1ccc(C)c(C(N)COC2CCCC2)c1. The van der Waals surface area contributed by atoms with Gasteiger partial charge in [0.1, 0.15) is 0 Å². The molecule has 1 unspecified atom stereocenters. The summed E-state index contributed by atoms with van der Waals surface area (Å²) in [4.78, 5) is 0. The van der Waals surface area contributed by atoms with Gasteiger partial charge in [0.15, 0.2) is 0 Å². The van der Waals surface area contributed by atoms with E-state index < -0.39 is 0 Å². The predicted molar refractivity (Wildman–Crippen MR) is 71.1 cm³/mol. The molecule has 1 aliphatic carbocycles. The van der Waals surface area contributed by atoms with Crippen LogP contribution in [0.2, 0.25) is 0 Å². The molecule has 0 heterocycles. The Morgan fingerprint density at radius 3 is 2.71 bits per heavy atom. The van der Waals surface area contributed by atoms with Gasteiger partial charge in [-0.25, -0.2) is 0 Å². The molecule has 17 heavy (non-hydrogen) atoms. The number of rotatable bonds is 4. The largest absolute Gasteiger partial charge is 0.376 e. The fraction of sp³-hybridized carbons (Fsp3) is 0.600. The van der Waals surface area contributed by atoms with Crippen molar-refractivity contribution in [2.45, 2.75) is 51.7 Å². The Kier molecular flexibility index (Phi) is 4.19. The highest BCUT2D eigenvalue weighted by Crippen LogP contribution is 2.23. The topological polar surface area (TPSA) is 35.2 Å². The molecule has 0 aliphatic heterocycles. The summed E-state index contributed by atoms with van der Waals surface area (Å²) in [6, 6.07) is 6.46. The first-order valence-corrected chi connectivity index (χ1v) is 6.61. The van der Waals surface area contributed by atoms with Gasteiger partial charge in [0.25, 0.3) is 0 Å². The molecular weight excluding hydrogens is 210 g/mol. The van der Waals surface area contributed by atoms with E-state index in [-0.39, 0.29) is 6.04 Å². The van der Waals surface area contributed by atoms with Gasteiger partial charge >= 0.3 is 0 Å². The Hall–Kier alpha value is -0.860. The van der Waals surface area contributed by atoms with Gasteiger partial charge in [0.05, 0.1) is 18.8 Å². The second-order valence-corrected chi connectivity index (χ2v) is 5.21. The standard InChI is InChI=1S/C15H23NO/c1-11-7-8-12(2)14(9-11)15(16)10-17-13-5-3-4-6-13/h7-9,13,15H,3-6,10,16H2,1-2H3. The number of nitrogens with two attached hydrogens (primary N) is 1. The minimum Gasteiger partial charge on any atom is -0.376 e. The molecule has 1 saturated carbocycles. The highest BCUT2D eigenvalue weighted by molar-refractivity contribution is 5.32. The summed E-state index contributed by atoms with van der Waals surface area (Å²) in [5.74, 6) is 0. The quantitative estimate of drug-likeness (QED) is 0.866. The van der Waals surface area contributed by atoms with Crippen LogP contribution in [0.25, 0.3) is 0 Å². The molecule has 1 aromatic carbocycles. The Bertz CT molecular complexity index is 369. The molecular formula is C15H23NO. The molecule has 0 saturated heterocycles. The molecule has 1 aromatic rings. The summed E-state index contributed by atoms with van der Waals surface area (Å²) in [7, 11) is 0. The zero-order valence-electron chi connectivity index (χ0n) is 10.9. The van der Waals surface area contributed by atoms with Crippen LogP contribution in [0.5, 0.6) is 0 Å². The highest BCUT2D eigenvalue weighted by atomic mass is 16.5. The summed E-state index contributed by atoms with van der Waals surface area (Å²) in [5, 5.41) is 0. The van der Waals surface area contributed by atoms with Gasteiger partial charge in [-0.15, -0.1) is 0 Å². The van der Waals surface area contributed by atoms with E-state index >= 15 is 0 Å². The van der Waals surface area contributed by atoms with E-state index in [4.69, 9.17) is 10.5 Å². The van der Waals surface area contributed by atoms with Crippen molar-refractivity contribution in [1.29, 1.82) is 0 Å². The van der Waals surface area contributed by atoms with E-state index in [0.29, 0.717) is 12.7 Å². The van der Waals surface area contributed by atoms with E-state index in [0.717, 1.165) is 0 Å². The lowest BCUT2D eigenvalue weighted by atomic mass is 10.00. The van der Waals surface area contributed by atoms with Gasteiger partial charge in [-0.05, 0) is 37.8 Å². The van der Waals surface area contributed by atoms with Gasteiger partial charge < -0.3 is 10.5 Å². The van der Waals surface area contributed by atoms with Crippen LogP contribution >= 0.6 is 0 Å². The third kappa shape index (κ3) is 3.30. The van der Waals surface area contributed by atoms with Crippen LogP contribution in [0.3, 0.4) is 0 Å². The number of ether oxygens (including phenoxy) is 1. The minimum atomic E-state index is 0.00972. The fourth-order valence-corrected chi connectivity index (χ4v) is 2.54. The summed E-state index contributed by atoms with van der Waals surface area (Å²) in [6.45, 7) is 4.87. The molecule has 94 valence electrons. The minimum absolute atomic E-state index is 0.00972. The summed E-state index contributed by atoms with van der Waals surface area (Å²) < 4.78 is 5.89. The van der Waals surface area contributed by atoms with Crippen LogP contribution < -0.4 is 5.73 Å². The smallest absolute Gasteiger partial charge is 0.0663 e. The Morgan fingerprint density at radius 1 is 1.29 bits per heavy atom. The first-order chi connectivity index (χ1) is 8.16. The molecule has 2 N–H and O–H groups in total. The maximum atomic E-state index is 6.22. The summed E-state index contributed by atoms with van der Waals surface area (Å²) >= 11 is 0. The van der Waals surface area contributed by atoms with Crippen molar-refractivity contribution in [1.82, 2.24) is 0 Å². The van der Waals surface area contributed by atoms with Crippen molar-refractivity contribution < 1.29 is 4.74 Å². The van der Waals surface area contributed by atoms with Crippen LogP contribution in [0, 0.1) is 13.8 Å². The zero-order valence-corrected chi connectivity index (χ0v) is 10.9. The van der Waals surface area contributed by atoms with E-state index in [9.17, 15) is 0 Å². The molecule has 2 heteroatoms. The van der Waals surface area contributed by atoms with E-state index in [1.54, 1.807) is 0 Å². The number of aryl methyl sites for hydroxylation is 2. The molecule has 2 rings (SSSR count). The highest BCUT2D eigenvalue weighted by Gasteiger charge is 2.17. The Morgan fingerprint density at radius 2 is 2.00 bits per heavy atom. The van der Waals surface area contributed by atoms with Crippen LogP contribution in [0.4, 0.5) is 0 Å². The van der Waals surface area contributed by atoms with Gasteiger partial charge in [-0.2, -0.15) is 0 Å². The average molecular weight is 233 g/mol. The molecule has 0 spiro atoms. The van der Waals surface area contributed by atoms with Gasteiger partial charge in [-0.3, -0.25) is 0 Å². The molecule has 2 nitrogen and oxygen atoms in total. The van der Waals surface area contributed by atoms with Crippen molar-refractivity contribution in [3.8, 4) is 0 Å².